The number of carbonyl (C=O) groups excluding carboxylic acids is 1. The Bertz CT molecular complexity index is 883. The Labute approximate surface area is 163 Å². The van der Waals surface area contributed by atoms with E-state index in [-0.39, 0.29) is 11.7 Å². The molecule has 7 heteroatoms. The second-order valence-electron chi connectivity index (χ2n) is 5.58. The fourth-order valence-corrected chi connectivity index (χ4v) is 3.50. The molecule has 0 aliphatic rings. The minimum Gasteiger partial charge on any atom is -0.311 e. The molecule has 4 nitrogen and oxygen atoms in total. The zero-order valence-electron chi connectivity index (χ0n) is 13.9. The van der Waals surface area contributed by atoms with Crippen molar-refractivity contribution in [3.05, 3.63) is 76.6 Å². The van der Waals surface area contributed by atoms with Gasteiger partial charge in [0.25, 0.3) is 0 Å². The molecule has 3 aromatic rings. The first-order valence-electron chi connectivity index (χ1n) is 8.05. The molecule has 1 amide bonds. The molecule has 134 valence electrons. The number of amides is 1. The van der Waals surface area contributed by atoms with Crippen LogP contribution >= 0.6 is 27.7 Å². The molecule has 0 unspecified atom stereocenters. The van der Waals surface area contributed by atoms with Crippen molar-refractivity contribution >= 4 is 39.4 Å². The highest BCUT2D eigenvalue weighted by atomic mass is 79.9. The molecule has 0 aliphatic heterocycles. The maximum Gasteiger partial charge on any atom is 0.226 e. The lowest BCUT2D eigenvalue weighted by Gasteiger charge is -2.09. The van der Waals surface area contributed by atoms with Crippen LogP contribution < -0.4 is 5.32 Å². The third-order valence-corrected chi connectivity index (χ3v) is 5.23. The van der Waals surface area contributed by atoms with E-state index in [1.165, 1.54) is 17.8 Å². The molecule has 0 fully saturated rings. The number of rotatable bonds is 7. The number of aromatic nitrogens is 2. The quantitative estimate of drug-likeness (QED) is 0.535. The minimum atomic E-state index is -0.259. The number of nitrogens with one attached hydrogen (secondary N) is 1. The molecule has 26 heavy (non-hydrogen) atoms. The van der Waals surface area contributed by atoms with E-state index in [1.807, 2.05) is 24.3 Å². The van der Waals surface area contributed by atoms with Crippen LogP contribution in [-0.2, 0) is 11.3 Å². The topological polar surface area (TPSA) is 46.9 Å². The normalized spacial score (nSPS) is 10.7. The fraction of sp³-hybridized carbons (Fsp3) is 0.158. The van der Waals surface area contributed by atoms with Crippen molar-refractivity contribution in [2.75, 3.05) is 11.1 Å². The summed E-state index contributed by atoms with van der Waals surface area (Å²) in [4.78, 5) is 12.7. The Morgan fingerprint density at radius 2 is 1.92 bits per heavy atom. The number of hydrogen-bond acceptors (Lipinski definition) is 3. The number of anilines is 1. The van der Waals surface area contributed by atoms with Crippen LogP contribution in [0.2, 0.25) is 0 Å². The first-order valence-corrected chi connectivity index (χ1v) is 9.83. The molecule has 0 saturated carbocycles. The lowest BCUT2D eigenvalue weighted by Crippen LogP contribution is -2.16. The van der Waals surface area contributed by atoms with Gasteiger partial charge < -0.3 is 5.32 Å². The van der Waals surface area contributed by atoms with Gasteiger partial charge in [-0.25, -0.2) is 9.07 Å². The van der Waals surface area contributed by atoms with Crippen LogP contribution in [0.15, 0.2) is 70.2 Å². The van der Waals surface area contributed by atoms with E-state index in [0.717, 1.165) is 10.0 Å². The maximum atomic E-state index is 13.6. The van der Waals surface area contributed by atoms with Gasteiger partial charge in [-0.2, -0.15) is 5.10 Å². The summed E-state index contributed by atoms with van der Waals surface area (Å²) in [5.41, 5.74) is 1.09. The summed E-state index contributed by atoms with van der Waals surface area (Å²) in [6.45, 7) is 0.569. The highest BCUT2D eigenvalue weighted by molar-refractivity contribution is 9.10. The van der Waals surface area contributed by atoms with Gasteiger partial charge in [-0.15, -0.1) is 11.8 Å². The number of hydrogen-bond donors (Lipinski definition) is 1. The Balaban J connectivity index is 1.52. The molecule has 1 N–H and O–H groups in total. The highest BCUT2D eigenvalue weighted by Crippen LogP contribution is 2.22. The number of halogens is 2. The molecule has 3 rings (SSSR count). The van der Waals surface area contributed by atoms with Gasteiger partial charge in [-0.1, -0.05) is 40.2 Å². The lowest BCUT2D eigenvalue weighted by molar-refractivity contribution is -0.115. The largest absolute Gasteiger partial charge is 0.311 e. The van der Waals surface area contributed by atoms with Gasteiger partial charge in [0.15, 0.2) is 0 Å². The molecule has 0 bridgehead atoms. The summed E-state index contributed by atoms with van der Waals surface area (Å²) in [5, 5.41) is 7.13. The second kappa shape index (κ2) is 9.00. The zero-order chi connectivity index (χ0) is 18.4. The smallest absolute Gasteiger partial charge is 0.226 e. The fourth-order valence-electron chi connectivity index (χ4n) is 2.35. The van der Waals surface area contributed by atoms with Crippen LogP contribution in [0.4, 0.5) is 10.2 Å². The van der Waals surface area contributed by atoms with Crippen LogP contribution in [0, 0.1) is 5.82 Å². The van der Waals surface area contributed by atoms with E-state index in [1.54, 1.807) is 35.1 Å². The monoisotopic (exact) mass is 433 g/mol. The van der Waals surface area contributed by atoms with Gasteiger partial charge in [0.2, 0.25) is 5.91 Å². The van der Waals surface area contributed by atoms with Crippen molar-refractivity contribution in [3.63, 3.8) is 0 Å². The van der Waals surface area contributed by atoms with Crippen LogP contribution in [0.1, 0.15) is 12.0 Å². The zero-order valence-corrected chi connectivity index (χ0v) is 16.3. The van der Waals surface area contributed by atoms with Gasteiger partial charge in [-0.05, 0) is 29.8 Å². The van der Waals surface area contributed by atoms with Gasteiger partial charge >= 0.3 is 0 Å². The molecule has 1 heterocycles. The summed E-state index contributed by atoms with van der Waals surface area (Å²) >= 11 is 4.74. The first-order chi connectivity index (χ1) is 12.6. The standard InChI is InChI=1S/C19H17BrFN3OS/c20-15-7-5-14(6-8-15)13-24-18(9-11-22-24)23-19(25)10-12-26-17-4-2-1-3-16(17)21/h1-9,11H,10,12-13H2,(H,23,25). The lowest BCUT2D eigenvalue weighted by atomic mass is 10.2. The highest BCUT2D eigenvalue weighted by Gasteiger charge is 2.09. The minimum absolute atomic E-state index is 0.119. The molecule has 0 saturated heterocycles. The third-order valence-electron chi connectivity index (χ3n) is 3.65. The van der Waals surface area contributed by atoms with E-state index in [2.05, 4.69) is 26.3 Å². The molecule has 2 aromatic carbocycles. The van der Waals surface area contributed by atoms with Crippen molar-refractivity contribution in [1.82, 2.24) is 9.78 Å². The third kappa shape index (κ3) is 5.19. The van der Waals surface area contributed by atoms with Gasteiger partial charge in [0, 0.05) is 27.6 Å². The number of thioether (sulfide) groups is 1. The van der Waals surface area contributed by atoms with E-state index >= 15 is 0 Å². The predicted octanol–water partition coefficient (Wildman–Crippen LogP) is 4.95. The Hall–Kier alpha value is -2.12. The molecular weight excluding hydrogens is 417 g/mol. The van der Waals surface area contributed by atoms with E-state index in [4.69, 9.17) is 0 Å². The van der Waals surface area contributed by atoms with E-state index in [0.29, 0.717) is 29.4 Å². The Morgan fingerprint density at radius 1 is 1.15 bits per heavy atom. The van der Waals surface area contributed by atoms with Crippen molar-refractivity contribution in [2.24, 2.45) is 0 Å². The predicted molar refractivity (Wildman–Crippen MR) is 106 cm³/mol. The van der Waals surface area contributed by atoms with Crippen molar-refractivity contribution in [1.29, 1.82) is 0 Å². The first kappa shape index (κ1) is 18.7. The van der Waals surface area contributed by atoms with E-state index in [9.17, 15) is 9.18 Å². The van der Waals surface area contributed by atoms with Crippen LogP contribution in [0.3, 0.4) is 0 Å². The summed E-state index contributed by atoms with van der Waals surface area (Å²) in [5.74, 6) is 0.777. The number of benzene rings is 2. The number of nitrogens with zero attached hydrogens (tertiary/aromatic N) is 2. The molecule has 1 aromatic heterocycles. The second-order valence-corrected chi connectivity index (χ2v) is 7.63. The van der Waals surface area contributed by atoms with Crippen molar-refractivity contribution in [2.45, 2.75) is 17.9 Å². The Morgan fingerprint density at radius 3 is 2.69 bits per heavy atom. The average Bonchev–Trinajstić information content (AvgIpc) is 3.05. The SMILES string of the molecule is O=C(CCSc1ccccc1F)Nc1ccnn1Cc1ccc(Br)cc1. The molecular formula is C19H17BrFN3OS. The van der Waals surface area contributed by atoms with Crippen LogP contribution in [0.25, 0.3) is 0 Å². The summed E-state index contributed by atoms with van der Waals surface area (Å²) in [7, 11) is 0. The van der Waals surface area contributed by atoms with Gasteiger partial charge in [0.05, 0.1) is 12.7 Å². The average molecular weight is 434 g/mol. The van der Waals surface area contributed by atoms with E-state index < -0.39 is 0 Å². The summed E-state index contributed by atoms with van der Waals surface area (Å²) in [6, 6.07) is 16.3. The summed E-state index contributed by atoms with van der Waals surface area (Å²) < 4.78 is 16.3. The van der Waals surface area contributed by atoms with Crippen molar-refractivity contribution in [3.8, 4) is 0 Å². The summed E-state index contributed by atoms with van der Waals surface area (Å²) in [6.07, 6.45) is 1.95. The Kier molecular flexibility index (Phi) is 6.46. The van der Waals surface area contributed by atoms with Crippen LogP contribution in [-0.4, -0.2) is 21.4 Å². The molecule has 0 aliphatic carbocycles. The molecule has 0 spiro atoms. The molecule has 0 atom stereocenters. The van der Waals surface area contributed by atoms with Crippen molar-refractivity contribution < 1.29 is 9.18 Å². The van der Waals surface area contributed by atoms with Crippen LogP contribution in [0.5, 0.6) is 0 Å². The maximum absolute atomic E-state index is 13.6. The molecule has 0 radical (unpaired) electrons. The van der Waals surface area contributed by atoms with Gasteiger partial charge in [-0.3, -0.25) is 4.79 Å². The van der Waals surface area contributed by atoms with Gasteiger partial charge in [0.1, 0.15) is 11.6 Å². The number of carbonyl (C=O) groups is 1.